The Kier molecular flexibility index (Phi) is 6.04. The van der Waals surface area contributed by atoms with E-state index >= 15 is 0 Å². The first kappa shape index (κ1) is 18.6. The Bertz CT molecular complexity index is 800. The minimum absolute atomic E-state index is 0.131. The van der Waals surface area contributed by atoms with Gasteiger partial charge < -0.3 is 16.0 Å². The van der Waals surface area contributed by atoms with Crippen LogP contribution < -0.4 is 11.1 Å². The van der Waals surface area contributed by atoms with E-state index < -0.39 is 11.9 Å². The maximum Gasteiger partial charge on any atom is 0.240 e. The molecule has 3 rings (SSSR count). The number of aromatic nitrogens is 2. The molecule has 3 N–H and O–H groups in total. The van der Waals surface area contributed by atoms with Crippen molar-refractivity contribution in [3.05, 3.63) is 30.1 Å². The zero-order chi connectivity index (χ0) is 18.5. The Hall–Kier alpha value is -2.20. The number of piperidine rings is 1. The predicted octanol–water partition coefficient (Wildman–Crippen LogP) is 2.38. The zero-order valence-electron chi connectivity index (χ0n) is 13.9. The van der Waals surface area contributed by atoms with Crippen molar-refractivity contribution >= 4 is 45.7 Å². The first-order chi connectivity index (χ1) is 12.5. The number of hydrogen-bond donors (Lipinski definition) is 2. The van der Waals surface area contributed by atoms with Gasteiger partial charge in [-0.3, -0.25) is 9.59 Å². The minimum atomic E-state index is -0.517. The van der Waals surface area contributed by atoms with Gasteiger partial charge in [-0.15, -0.1) is 10.2 Å². The molecule has 0 aliphatic carbocycles. The van der Waals surface area contributed by atoms with Crippen molar-refractivity contribution in [2.75, 3.05) is 17.6 Å². The van der Waals surface area contributed by atoms with Crippen LogP contribution in [0.3, 0.4) is 0 Å². The summed E-state index contributed by atoms with van der Waals surface area (Å²) in [5.74, 6) is -0.766. The summed E-state index contributed by atoms with van der Waals surface area (Å²) in [6.07, 6.45) is 2.39. The van der Waals surface area contributed by atoms with E-state index in [9.17, 15) is 14.0 Å². The number of amides is 2. The van der Waals surface area contributed by atoms with Crippen molar-refractivity contribution in [2.45, 2.75) is 29.6 Å². The van der Waals surface area contributed by atoms with Crippen LogP contribution >= 0.6 is 23.1 Å². The van der Waals surface area contributed by atoms with Crippen LogP contribution in [0.2, 0.25) is 0 Å². The number of carbonyl (C=O) groups is 2. The van der Waals surface area contributed by atoms with Gasteiger partial charge in [0.05, 0.1) is 5.75 Å². The molecule has 26 heavy (non-hydrogen) atoms. The van der Waals surface area contributed by atoms with Crippen LogP contribution in [0, 0.1) is 5.82 Å². The molecule has 1 aliphatic heterocycles. The monoisotopic (exact) mass is 395 g/mol. The van der Waals surface area contributed by atoms with E-state index in [4.69, 9.17) is 5.73 Å². The van der Waals surface area contributed by atoms with E-state index in [1.54, 1.807) is 17.0 Å². The minimum Gasteiger partial charge on any atom is -0.368 e. The Balaban J connectivity index is 1.55. The fourth-order valence-corrected chi connectivity index (χ4v) is 4.40. The fourth-order valence-electron chi connectivity index (χ4n) is 2.74. The molecular formula is C16H18FN5O2S2. The standard InChI is InChI=1S/C16H18FN5O2S2/c17-10-4-3-5-11(8-10)19-15-20-21-16(26-15)25-9-13(23)22-7-2-1-6-12(22)14(18)24/h3-5,8,12H,1-2,6-7,9H2,(H2,18,24)(H,19,20)/t12-/m1/s1. The summed E-state index contributed by atoms with van der Waals surface area (Å²) in [5, 5.41) is 11.5. The van der Waals surface area contributed by atoms with E-state index in [0.717, 1.165) is 12.8 Å². The summed E-state index contributed by atoms with van der Waals surface area (Å²) in [6.45, 7) is 0.551. The molecule has 2 heterocycles. The Morgan fingerprint density at radius 2 is 2.23 bits per heavy atom. The summed E-state index contributed by atoms with van der Waals surface area (Å²) in [5.41, 5.74) is 5.97. The van der Waals surface area contributed by atoms with Crippen LogP contribution in [-0.4, -0.2) is 45.3 Å². The highest BCUT2D eigenvalue weighted by molar-refractivity contribution is 8.01. The number of nitrogens with zero attached hydrogens (tertiary/aromatic N) is 3. The topological polar surface area (TPSA) is 101 Å². The van der Waals surface area contributed by atoms with E-state index in [0.29, 0.717) is 28.1 Å². The second-order valence-corrected chi connectivity index (χ2v) is 8.00. The largest absolute Gasteiger partial charge is 0.368 e. The molecule has 2 amide bonds. The summed E-state index contributed by atoms with van der Waals surface area (Å²) < 4.78 is 13.8. The Morgan fingerprint density at radius 1 is 1.38 bits per heavy atom. The van der Waals surface area contributed by atoms with Gasteiger partial charge in [-0.25, -0.2) is 4.39 Å². The molecule has 0 radical (unpaired) electrons. The van der Waals surface area contributed by atoms with Crippen molar-refractivity contribution in [2.24, 2.45) is 5.73 Å². The van der Waals surface area contributed by atoms with Gasteiger partial charge in [0.25, 0.3) is 0 Å². The average Bonchev–Trinajstić information content (AvgIpc) is 3.07. The summed E-state index contributed by atoms with van der Waals surface area (Å²) in [4.78, 5) is 25.5. The third-order valence-corrected chi connectivity index (χ3v) is 5.91. The molecule has 0 spiro atoms. The van der Waals surface area contributed by atoms with Crippen molar-refractivity contribution in [1.82, 2.24) is 15.1 Å². The van der Waals surface area contributed by atoms with E-state index in [2.05, 4.69) is 15.5 Å². The summed E-state index contributed by atoms with van der Waals surface area (Å²) in [7, 11) is 0. The smallest absolute Gasteiger partial charge is 0.240 e. The van der Waals surface area contributed by atoms with Crippen LogP contribution in [0.4, 0.5) is 15.2 Å². The average molecular weight is 395 g/mol. The number of thioether (sulfide) groups is 1. The number of carbonyl (C=O) groups excluding carboxylic acids is 2. The van der Waals surface area contributed by atoms with Gasteiger partial charge in [0.1, 0.15) is 11.9 Å². The number of rotatable bonds is 6. The molecule has 10 heteroatoms. The molecule has 1 atom stereocenters. The van der Waals surface area contributed by atoms with Crippen LogP contribution in [0.1, 0.15) is 19.3 Å². The lowest BCUT2D eigenvalue weighted by atomic mass is 10.0. The van der Waals surface area contributed by atoms with Gasteiger partial charge in [0.2, 0.25) is 16.9 Å². The maximum absolute atomic E-state index is 13.2. The number of nitrogens with two attached hydrogens (primary N) is 1. The van der Waals surface area contributed by atoms with Crippen molar-refractivity contribution in [1.29, 1.82) is 0 Å². The Labute approximate surface area is 158 Å². The molecule has 7 nitrogen and oxygen atoms in total. The SMILES string of the molecule is NC(=O)[C@H]1CCCCN1C(=O)CSc1nnc(Nc2cccc(F)c2)s1. The molecule has 1 saturated heterocycles. The number of benzene rings is 1. The van der Waals surface area contributed by atoms with Crippen LogP contribution in [0.5, 0.6) is 0 Å². The number of likely N-dealkylation sites (tertiary alicyclic amines) is 1. The highest BCUT2D eigenvalue weighted by Gasteiger charge is 2.30. The number of hydrogen-bond acceptors (Lipinski definition) is 7. The maximum atomic E-state index is 13.2. The summed E-state index contributed by atoms with van der Waals surface area (Å²) >= 11 is 2.53. The zero-order valence-corrected chi connectivity index (χ0v) is 15.5. The molecule has 1 aliphatic rings. The van der Waals surface area contributed by atoms with E-state index in [-0.39, 0.29) is 17.5 Å². The first-order valence-corrected chi connectivity index (χ1v) is 9.91. The molecule has 138 valence electrons. The quantitative estimate of drug-likeness (QED) is 0.728. The molecular weight excluding hydrogens is 377 g/mol. The normalized spacial score (nSPS) is 17.1. The number of halogens is 1. The third-order valence-electron chi connectivity index (χ3n) is 3.95. The van der Waals surface area contributed by atoms with E-state index in [1.165, 1.54) is 35.2 Å². The molecule has 0 unspecified atom stereocenters. The van der Waals surface area contributed by atoms with Gasteiger partial charge in [0, 0.05) is 12.2 Å². The molecule has 1 aromatic carbocycles. The lowest BCUT2D eigenvalue weighted by Crippen LogP contribution is -2.51. The summed E-state index contributed by atoms with van der Waals surface area (Å²) in [6, 6.07) is 5.52. The first-order valence-electron chi connectivity index (χ1n) is 8.10. The van der Waals surface area contributed by atoms with Crippen LogP contribution in [-0.2, 0) is 9.59 Å². The van der Waals surface area contributed by atoms with Crippen LogP contribution in [0.15, 0.2) is 28.6 Å². The van der Waals surface area contributed by atoms with Gasteiger partial charge in [-0.1, -0.05) is 29.2 Å². The second-order valence-electron chi connectivity index (χ2n) is 5.80. The van der Waals surface area contributed by atoms with Gasteiger partial charge in [-0.2, -0.15) is 0 Å². The van der Waals surface area contributed by atoms with Crippen molar-refractivity contribution in [3.63, 3.8) is 0 Å². The van der Waals surface area contributed by atoms with Gasteiger partial charge in [-0.05, 0) is 37.5 Å². The fraction of sp³-hybridized carbons (Fsp3) is 0.375. The highest BCUT2D eigenvalue weighted by atomic mass is 32.2. The molecule has 1 fully saturated rings. The lowest BCUT2D eigenvalue weighted by molar-refractivity contribution is -0.138. The van der Waals surface area contributed by atoms with Crippen LogP contribution in [0.25, 0.3) is 0 Å². The molecule has 0 saturated carbocycles. The number of nitrogens with one attached hydrogen (secondary N) is 1. The second kappa shape index (κ2) is 8.45. The predicted molar refractivity (Wildman–Crippen MR) is 98.9 cm³/mol. The highest BCUT2D eigenvalue weighted by Crippen LogP contribution is 2.28. The molecule has 0 bridgehead atoms. The number of primary amides is 1. The number of anilines is 2. The van der Waals surface area contributed by atoms with Crippen molar-refractivity contribution < 1.29 is 14.0 Å². The lowest BCUT2D eigenvalue weighted by Gasteiger charge is -2.33. The van der Waals surface area contributed by atoms with Gasteiger partial charge >= 0.3 is 0 Å². The van der Waals surface area contributed by atoms with E-state index in [1.807, 2.05) is 0 Å². The third kappa shape index (κ3) is 4.70. The van der Waals surface area contributed by atoms with Crippen molar-refractivity contribution in [3.8, 4) is 0 Å². The van der Waals surface area contributed by atoms with Gasteiger partial charge in [0.15, 0.2) is 4.34 Å². The Morgan fingerprint density at radius 3 is 3.00 bits per heavy atom. The molecule has 2 aromatic rings. The molecule has 1 aromatic heterocycles.